The molecule has 1 atom stereocenters. The van der Waals surface area contributed by atoms with Crippen molar-refractivity contribution in [2.45, 2.75) is 43.0 Å². The highest BCUT2D eigenvalue weighted by atomic mass is 32.2. The van der Waals surface area contributed by atoms with E-state index in [0.717, 1.165) is 37.4 Å². The number of sulfonamides is 1. The maximum Gasteiger partial charge on any atom is 0.243 e. The highest BCUT2D eigenvalue weighted by Gasteiger charge is 2.28. The van der Waals surface area contributed by atoms with Gasteiger partial charge in [0, 0.05) is 12.6 Å². The predicted molar refractivity (Wildman–Crippen MR) is 87.2 cm³/mol. The third kappa shape index (κ3) is 3.15. The molecule has 120 valence electrons. The van der Waals surface area contributed by atoms with E-state index in [2.05, 4.69) is 13.5 Å². The summed E-state index contributed by atoms with van der Waals surface area (Å²) >= 11 is 1.02. The Kier molecular flexibility index (Phi) is 4.72. The van der Waals surface area contributed by atoms with Crippen molar-refractivity contribution in [1.29, 1.82) is 0 Å². The van der Waals surface area contributed by atoms with Crippen molar-refractivity contribution in [3.8, 4) is 0 Å². The molecular weight excluding hydrogens is 320 g/mol. The molecule has 2 aromatic rings. The Bertz CT molecular complexity index is 738. The number of nitrogens with one attached hydrogen (secondary N) is 1. The zero-order valence-corrected chi connectivity index (χ0v) is 13.9. The molecule has 1 heterocycles. The minimum absolute atomic E-state index is 0.188. The average molecular weight is 340 g/mol. The van der Waals surface area contributed by atoms with Gasteiger partial charge in [0.1, 0.15) is 15.9 Å². The molecule has 0 amide bonds. The van der Waals surface area contributed by atoms with E-state index in [-0.39, 0.29) is 10.9 Å². The lowest BCUT2D eigenvalue weighted by atomic mass is 9.84. The second-order valence-corrected chi connectivity index (χ2v) is 7.96. The van der Waals surface area contributed by atoms with Crippen molar-refractivity contribution in [3.63, 3.8) is 0 Å². The molecule has 0 spiro atoms. The first-order valence-electron chi connectivity index (χ1n) is 7.55. The number of nitrogens with zero attached hydrogens (tertiary/aromatic N) is 2. The van der Waals surface area contributed by atoms with Gasteiger partial charge in [0.15, 0.2) is 0 Å². The van der Waals surface area contributed by atoms with E-state index in [1.807, 2.05) is 0 Å². The second kappa shape index (κ2) is 6.57. The maximum absolute atomic E-state index is 12.7. The topological polar surface area (TPSA) is 98.0 Å². The molecule has 1 aromatic heterocycles. The SMILES string of the molecule is NCC(NS(=O)(=O)c1cccc2nsnc12)C1CCCCC1. The fourth-order valence-electron chi connectivity index (χ4n) is 3.13. The van der Waals surface area contributed by atoms with Crippen molar-refractivity contribution in [2.24, 2.45) is 11.7 Å². The first-order chi connectivity index (χ1) is 10.6. The van der Waals surface area contributed by atoms with Crippen molar-refractivity contribution in [1.82, 2.24) is 13.5 Å². The van der Waals surface area contributed by atoms with Crippen LogP contribution in [0.1, 0.15) is 32.1 Å². The molecule has 22 heavy (non-hydrogen) atoms. The van der Waals surface area contributed by atoms with E-state index >= 15 is 0 Å². The number of rotatable bonds is 5. The van der Waals surface area contributed by atoms with Crippen LogP contribution in [0.4, 0.5) is 0 Å². The Balaban J connectivity index is 1.87. The molecular formula is C14H20N4O2S2. The first-order valence-corrected chi connectivity index (χ1v) is 9.77. The van der Waals surface area contributed by atoms with Crippen molar-refractivity contribution >= 4 is 32.8 Å². The third-order valence-corrected chi connectivity index (χ3v) is 6.38. The first kappa shape index (κ1) is 15.8. The Hall–Kier alpha value is -1.09. The van der Waals surface area contributed by atoms with Crippen LogP contribution in [0.3, 0.4) is 0 Å². The number of aromatic nitrogens is 2. The van der Waals surface area contributed by atoms with Crippen LogP contribution in [0.15, 0.2) is 23.1 Å². The fourth-order valence-corrected chi connectivity index (χ4v) is 5.22. The molecule has 0 bridgehead atoms. The van der Waals surface area contributed by atoms with E-state index in [1.54, 1.807) is 18.2 Å². The quantitative estimate of drug-likeness (QED) is 0.866. The Morgan fingerprint density at radius 1 is 1.27 bits per heavy atom. The van der Waals surface area contributed by atoms with Gasteiger partial charge in [-0.3, -0.25) is 0 Å². The van der Waals surface area contributed by atoms with E-state index in [4.69, 9.17) is 5.73 Å². The molecule has 1 aliphatic rings. The summed E-state index contributed by atoms with van der Waals surface area (Å²) in [4.78, 5) is 0.188. The van der Waals surface area contributed by atoms with Gasteiger partial charge in [0.25, 0.3) is 0 Å². The number of hydrogen-bond acceptors (Lipinski definition) is 6. The lowest BCUT2D eigenvalue weighted by molar-refractivity contribution is 0.294. The summed E-state index contributed by atoms with van der Waals surface area (Å²) in [7, 11) is -3.64. The number of nitrogens with two attached hydrogens (primary N) is 1. The summed E-state index contributed by atoms with van der Waals surface area (Å²) in [6, 6.07) is 4.81. The van der Waals surface area contributed by atoms with Crippen LogP contribution >= 0.6 is 11.7 Å². The number of benzene rings is 1. The van der Waals surface area contributed by atoms with Crippen molar-refractivity contribution in [2.75, 3.05) is 6.54 Å². The molecule has 1 saturated carbocycles. The summed E-state index contributed by atoms with van der Waals surface area (Å²) in [5.41, 5.74) is 6.87. The molecule has 1 unspecified atom stereocenters. The molecule has 0 radical (unpaired) electrons. The van der Waals surface area contributed by atoms with Crippen LogP contribution in [0.5, 0.6) is 0 Å². The van der Waals surface area contributed by atoms with E-state index in [1.165, 1.54) is 6.42 Å². The van der Waals surface area contributed by atoms with Crippen molar-refractivity contribution < 1.29 is 8.42 Å². The van der Waals surface area contributed by atoms with Gasteiger partial charge >= 0.3 is 0 Å². The van der Waals surface area contributed by atoms with Crippen LogP contribution in [0, 0.1) is 5.92 Å². The van der Waals surface area contributed by atoms with Gasteiger partial charge in [-0.2, -0.15) is 8.75 Å². The monoisotopic (exact) mass is 340 g/mol. The van der Waals surface area contributed by atoms with Crippen LogP contribution < -0.4 is 10.5 Å². The van der Waals surface area contributed by atoms with Gasteiger partial charge < -0.3 is 5.73 Å². The molecule has 1 aliphatic carbocycles. The zero-order chi connectivity index (χ0) is 15.6. The Labute approximate surface area is 134 Å². The predicted octanol–water partition coefficient (Wildman–Crippen LogP) is 1.88. The third-order valence-electron chi connectivity index (χ3n) is 4.32. The standard InChI is InChI=1S/C14H20N4O2S2/c15-9-12(10-5-2-1-3-6-10)18-22(19,20)13-8-4-7-11-14(13)17-21-16-11/h4,7-8,10,12,18H,1-3,5-6,9,15H2. The zero-order valence-electron chi connectivity index (χ0n) is 12.2. The molecule has 1 fully saturated rings. The number of fused-ring (bicyclic) bond motifs is 1. The summed E-state index contributed by atoms with van der Waals surface area (Å²) in [5.74, 6) is 0.321. The molecule has 0 aliphatic heterocycles. The second-order valence-electron chi connectivity index (χ2n) is 5.75. The van der Waals surface area contributed by atoms with Crippen LogP contribution in [-0.2, 0) is 10.0 Å². The van der Waals surface area contributed by atoms with Gasteiger partial charge in [-0.15, -0.1) is 0 Å². The molecule has 0 saturated heterocycles. The van der Waals surface area contributed by atoms with Crippen LogP contribution in [-0.4, -0.2) is 29.8 Å². The lowest BCUT2D eigenvalue weighted by Crippen LogP contribution is -2.45. The highest BCUT2D eigenvalue weighted by molar-refractivity contribution is 7.89. The summed E-state index contributed by atoms with van der Waals surface area (Å²) in [5, 5.41) is 0. The van der Waals surface area contributed by atoms with E-state index < -0.39 is 10.0 Å². The van der Waals surface area contributed by atoms with Crippen LogP contribution in [0.2, 0.25) is 0 Å². The van der Waals surface area contributed by atoms with Gasteiger partial charge in [0.2, 0.25) is 10.0 Å². The van der Waals surface area contributed by atoms with Gasteiger partial charge in [-0.05, 0) is 30.9 Å². The number of hydrogen-bond donors (Lipinski definition) is 2. The molecule has 3 N–H and O–H groups in total. The Morgan fingerprint density at radius 3 is 2.77 bits per heavy atom. The molecule has 6 nitrogen and oxygen atoms in total. The molecule has 1 aromatic carbocycles. The van der Waals surface area contributed by atoms with E-state index in [0.29, 0.717) is 23.5 Å². The maximum atomic E-state index is 12.7. The van der Waals surface area contributed by atoms with Crippen LogP contribution in [0.25, 0.3) is 11.0 Å². The largest absolute Gasteiger partial charge is 0.329 e. The smallest absolute Gasteiger partial charge is 0.243 e. The van der Waals surface area contributed by atoms with Gasteiger partial charge in [-0.1, -0.05) is 25.3 Å². The summed E-state index contributed by atoms with van der Waals surface area (Å²) in [6.07, 6.45) is 5.59. The molecule has 8 heteroatoms. The minimum Gasteiger partial charge on any atom is -0.329 e. The highest BCUT2D eigenvalue weighted by Crippen LogP contribution is 2.28. The minimum atomic E-state index is -3.64. The normalized spacial score (nSPS) is 18.6. The van der Waals surface area contributed by atoms with Gasteiger partial charge in [0.05, 0.1) is 11.7 Å². The van der Waals surface area contributed by atoms with Crippen molar-refractivity contribution in [3.05, 3.63) is 18.2 Å². The summed E-state index contributed by atoms with van der Waals surface area (Å²) in [6.45, 7) is 0.315. The lowest BCUT2D eigenvalue weighted by Gasteiger charge is -2.29. The molecule has 3 rings (SSSR count). The average Bonchev–Trinajstić information content (AvgIpc) is 3.01. The van der Waals surface area contributed by atoms with Gasteiger partial charge in [-0.25, -0.2) is 13.1 Å². The fraction of sp³-hybridized carbons (Fsp3) is 0.571. The van der Waals surface area contributed by atoms with E-state index in [9.17, 15) is 8.42 Å². The summed E-state index contributed by atoms with van der Waals surface area (Å²) < 4.78 is 36.5. The Morgan fingerprint density at radius 2 is 2.05 bits per heavy atom.